The third-order valence-electron chi connectivity index (χ3n) is 4.42. The van der Waals surface area contributed by atoms with Gasteiger partial charge in [0.05, 0.1) is 6.04 Å². The minimum absolute atomic E-state index is 0.138. The molecule has 0 aromatic heterocycles. The normalized spacial score (nSPS) is 26.6. The van der Waals surface area contributed by atoms with Gasteiger partial charge in [-0.2, -0.15) is 0 Å². The van der Waals surface area contributed by atoms with E-state index in [1.807, 2.05) is 18.2 Å². The van der Waals surface area contributed by atoms with Crippen LogP contribution in [0.2, 0.25) is 0 Å². The Balaban J connectivity index is 0.000000545. The minimum atomic E-state index is -0.826. The van der Waals surface area contributed by atoms with E-state index in [-0.39, 0.29) is 6.04 Å². The van der Waals surface area contributed by atoms with E-state index in [9.17, 15) is 5.11 Å². The average Bonchev–Trinajstić information content (AvgIpc) is 2.84. The number of hydrogen-bond donors (Lipinski definition) is 2. The molecule has 1 aromatic rings. The first-order chi connectivity index (χ1) is 10.5. The predicted octanol–water partition coefficient (Wildman–Crippen LogP) is 5.04. The Bertz CT molecular complexity index is 573. The van der Waals surface area contributed by atoms with Crippen molar-refractivity contribution in [2.45, 2.75) is 44.8 Å². The van der Waals surface area contributed by atoms with E-state index in [4.69, 9.17) is 17.0 Å². The number of para-hydroxylation sites is 1. The molecule has 22 heavy (non-hydrogen) atoms. The number of aliphatic hydroxyl groups is 1. The number of anilines is 1. The summed E-state index contributed by atoms with van der Waals surface area (Å²) in [6.45, 7) is 4.25. The van der Waals surface area contributed by atoms with E-state index in [1.165, 1.54) is 16.7 Å². The number of hydrogen-bond acceptors (Lipinski definition) is 2. The SMILES string of the molecule is CC1=CC(C)=C(C2(O)CCC2Nc2ccccc2)C1.[Cl][Zr][Cl]. The summed E-state index contributed by atoms with van der Waals surface area (Å²) in [5.41, 5.74) is 4.25. The molecule has 5 heteroatoms. The molecule has 0 bridgehead atoms. The van der Waals surface area contributed by atoms with Crippen molar-refractivity contribution in [3.05, 3.63) is 53.1 Å². The quantitative estimate of drug-likeness (QED) is 0.723. The second-order valence-corrected chi connectivity index (χ2v) is 9.66. The maximum atomic E-state index is 11.0. The van der Waals surface area contributed by atoms with Gasteiger partial charge in [0.25, 0.3) is 0 Å². The van der Waals surface area contributed by atoms with Crippen LogP contribution in [0.3, 0.4) is 0 Å². The van der Waals surface area contributed by atoms with Crippen molar-refractivity contribution in [2.24, 2.45) is 0 Å². The summed E-state index contributed by atoms with van der Waals surface area (Å²) in [5.74, 6) is 0. The Morgan fingerprint density at radius 1 is 1.23 bits per heavy atom. The van der Waals surface area contributed by atoms with Crippen LogP contribution in [0.15, 0.2) is 53.1 Å². The van der Waals surface area contributed by atoms with E-state index in [0.717, 1.165) is 24.9 Å². The molecule has 0 aliphatic heterocycles. The molecule has 2 nitrogen and oxygen atoms in total. The summed E-state index contributed by atoms with van der Waals surface area (Å²) in [7, 11) is 9.87. The number of allylic oxidation sites excluding steroid dienone is 3. The molecule has 118 valence electrons. The van der Waals surface area contributed by atoms with Gasteiger partial charge in [-0.1, -0.05) is 29.8 Å². The predicted molar refractivity (Wildman–Crippen MR) is 90.8 cm³/mol. The van der Waals surface area contributed by atoms with Crippen LogP contribution in [0.25, 0.3) is 0 Å². The molecular weight excluding hydrogens is 396 g/mol. The van der Waals surface area contributed by atoms with Gasteiger partial charge in [0, 0.05) is 5.69 Å². The number of halogens is 2. The van der Waals surface area contributed by atoms with Crippen molar-refractivity contribution in [3.63, 3.8) is 0 Å². The average molecular weight is 417 g/mol. The van der Waals surface area contributed by atoms with Gasteiger partial charge in [-0.3, -0.25) is 0 Å². The summed E-state index contributed by atoms with van der Waals surface area (Å²) in [4.78, 5) is 0. The molecule has 0 saturated heterocycles. The molecule has 1 aromatic carbocycles. The van der Waals surface area contributed by atoms with Gasteiger partial charge in [0.1, 0.15) is 5.60 Å². The Labute approximate surface area is 151 Å². The molecule has 2 unspecified atom stereocenters. The first-order valence-electron chi connectivity index (χ1n) is 7.39. The fraction of sp³-hybridized carbons (Fsp3) is 0.412. The van der Waals surface area contributed by atoms with Crippen LogP contribution in [-0.4, -0.2) is 16.7 Å². The fourth-order valence-corrected chi connectivity index (χ4v) is 3.27. The summed E-state index contributed by atoms with van der Waals surface area (Å²) in [6, 6.07) is 10.3. The molecule has 1 fully saturated rings. The van der Waals surface area contributed by atoms with E-state index < -0.39 is 26.4 Å². The van der Waals surface area contributed by atoms with Crippen LogP contribution in [0.1, 0.15) is 33.1 Å². The Kier molecular flexibility index (Phi) is 6.77. The van der Waals surface area contributed by atoms with E-state index in [1.54, 1.807) is 0 Å². The first kappa shape index (κ1) is 18.3. The molecule has 3 rings (SSSR count). The Morgan fingerprint density at radius 2 is 1.86 bits per heavy atom. The fourth-order valence-electron chi connectivity index (χ4n) is 3.27. The molecule has 1 saturated carbocycles. The zero-order valence-electron chi connectivity index (χ0n) is 12.9. The zero-order valence-corrected chi connectivity index (χ0v) is 16.8. The maximum absolute atomic E-state index is 11.0. The van der Waals surface area contributed by atoms with Gasteiger partial charge in [-0.15, -0.1) is 0 Å². The van der Waals surface area contributed by atoms with E-state index in [0.29, 0.717) is 0 Å². The number of rotatable bonds is 3. The molecular formula is C17H21Cl2NOZr. The third kappa shape index (κ3) is 4.06. The summed E-state index contributed by atoms with van der Waals surface area (Å²) < 4.78 is 0. The summed E-state index contributed by atoms with van der Waals surface area (Å²) in [6.07, 6.45) is 5.02. The molecule has 0 radical (unpaired) electrons. The van der Waals surface area contributed by atoms with Crippen molar-refractivity contribution >= 4 is 22.7 Å². The molecule has 0 heterocycles. The van der Waals surface area contributed by atoms with Crippen molar-refractivity contribution in [1.82, 2.24) is 0 Å². The topological polar surface area (TPSA) is 32.3 Å². The van der Waals surface area contributed by atoms with Gasteiger partial charge in [-0.25, -0.2) is 0 Å². The Morgan fingerprint density at radius 3 is 2.32 bits per heavy atom. The molecule has 0 amide bonds. The molecule has 2 N–H and O–H groups in total. The summed E-state index contributed by atoms with van der Waals surface area (Å²) in [5, 5.41) is 14.4. The van der Waals surface area contributed by atoms with E-state index >= 15 is 0 Å². The van der Waals surface area contributed by atoms with Crippen LogP contribution < -0.4 is 5.32 Å². The van der Waals surface area contributed by atoms with Gasteiger partial charge in [0.2, 0.25) is 0 Å². The van der Waals surface area contributed by atoms with Crippen LogP contribution in [0.5, 0.6) is 0 Å². The molecule has 2 aliphatic rings. The van der Waals surface area contributed by atoms with Crippen LogP contribution in [-0.2, 0) is 20.8 Å². The third-order valence-corrected chi connectivity index (χ3v) is 4.42. The van der Waals surface area contributed by atoms with Crippen LogP contribution in [0.4, 0.5) is 5.69 Å². The monoisotopic (exact) mass is 415 g/mol. The van der Waals surface area contributed by atoms with Gasteiger partial charge < -0.3 is 10.4 Å². The number of benzene rings is 1. The zero-order chi connectivity index (χ0) is 16.2. The number of nitrogens with one attached hydrogen (secondary N) is 1. The second-order valence-electron chi connectivity index (χ2n) is 5.93. The molecule has 2 aliphatic carbocycles. The van der Waals surface area contributed by atoms with Gasteiger partial charge in [-0.05, 0) is 56.4 Å². The van der Waals surface area contributed by atoms with Crippen molar-refractivity contribution in [2.75, 3.05) is 5.32 Å². The van der Waals surface area contributed by atoms with Gasteiger partial charge in [0.15, 0.2) is 0 Å². The molecule has 0 spiro atoms. The second kappa shape index (κ2) is 8.15. The van der Waals surface area contributed by atoms with Crippen LogP contribution in [0, 0.1) is 0 Å². The van der Waals surface area contributed by atoms with Crippen LogP contribution >= 0.6 is 17.0 Å². The molecule has 2 atom stereocenters. The summed E-state index contributed by atoms with van der Waals surface area (Å²) >= 11 is -0.826. The van der Waals surface area contributed by atoms with Gasteiger partial charge >= 0.3 is 37.9 Å². The van der Waals surface area contributed by atoms with Crippen molar-refractivity contribution < 1.29 is 26.0 Å². The van der Waals surface area contributed by atoms with Crippen molar-refractivity contribution in [3.8, 4) is 0 Å². The van der Waals surface area contributed by atoms with Crippen molar-refractivity contribution in [1.29, 1.82) is 0 Å². The standard InChI is InChI=1S/C17H21NO.2ClH.Zr/c1-12-10-13(2)15(11-12)17(19)9-8-16(17)18-14-6-4-3-5-7-14;;;/h3-7,10,16,18-19H,8-9,11H2,1-2H3;2*1H;/q;;;+2/p-2. The van der Waals surface area contributed by atoms with E-state index in [2.05, 4.69) is 37.4 Å². The first-order valence-corrected chi connectivity index (χ1v) is 13.7. The Hall–Kier alpha value is -0.0769.